The third kappa shape index (κ3) is 4.12. The molecule has 5 nitrogen and oxygen atoms in total. The molecule has 250 valence electrons. The standard InChI is InChI=1S/C49H29N5/c1-2-16-34(17-3-1)53-43-27-33-15-5-4-14-32(33)26-37(43)38-28-45-39(29-44(38)53)46-35-18-8-6-12-30(35)22-24-42(46)54(45)49-48(40-20-10-11-25-50-40)51-41-23-21-31-13-7-9-19-36(31)47(41)52-49/h1-29H. The van der Waals surface area contributed by atoms with Crippen LogP contribution in [0.3, 0.4) is 0 Å². The Morgan fingerprint density at radius 3 is 1.83 bits per heavy atom. The summed E-state index contributed by atoms with van der Waals surface area (Å²) in [6.45, 7) is 0. The first-order valence-electron chi connectivity index (χ1n) is 18.3. The Bertz CT molecular complexity index is 3490. The van der Waals surface area contributed by atoms with Crippen LogP contribution in [0.15, 0.2) is 176 Å². The normalized spacial score (nSPS) is 12.1. The van der Waals surface area contributed by atoms with Crippen LogP contribution < -0.4 is 0 Å². The van der Waals surface area contributed by atoms with Crippen LogP contribution in [0.2, 0.25) is 0 Å². The molecule has 12 rings (SSSR count). The lowest BCUT2D eigenvalue weighted by Gasteiger charge is -2.14. The van der Waals surface area contributed by atoms with Crippen molar-refractivity contribution in [3.63, 3.8) is 0 Å². The summed E-state index contributed by atoms with van der Waals surface area (Å²) in [7, 11) is 0. The summed E-state index contributed by atoms with van der Waals surface area (Å²) < 4.78 is 4.76. The van der Waals surface area contributed by atoms with Crippen molar-refractivity contribution < 1.29 is 0 Å². The average Bonchev–Trinajstić information content (AvgIpc) is 3.73. The molecule has 54 heavy (non-hydrogen) atoms. The average molecular weight is 688 g/mol. The predicted molar refractivity (Wildman–Crippen MR) is 224 cm³/mol. The number of hydrogen-bond donors (Lipinski definition) is 0. The maximum atomic E-state index is 5.59. The third-order valence-corrected chi connectivity index (χ3v) is 11.1. The molecule has 0 aliphatic carbocycles. The molecule has 0 atom stereocenters. The van der Waals surface area contributed by atoms with Gasteiger partial charge in [0.2, 0.25) is 0 Å². The van der Waals surface area contributed by atoms with E-state index in [9.17, 15) is 0 Å². The maximum Gasteiger partial charge on any atom is 0.166 e. The van der Waals surface area contributed by atoms with Gasteiger partial charge in [0, 0.05) is 38.8 Å². The maximum absolute atomic E-state index is 5.59. The molecule has 0 N–H and O–H groups in total. The van der Waals surface area contributed by atoms with Gasteiger partial charge >= 0.3 is 0 Å². The number of fused-ring (bicyclic) bond motifs is 12. The van der Waals surface area contributed by atoms with Crippen LogP contribution in [0, 0.1) is 0 Å². The lowest BCUT2D eigenvalue weighted by Crippen LogP contribution is -2.04. The molecule has 0 radical (unpaired) electrons. The van der Waals surface area contributed by atoms with Crippen LogP contribution in [-0.2, 0) is 0 Å². The van der Waals surface area contributed by atoms with Gasteiger partial charge in [-0.15, -0.1) is 0 Å². The number of rotatable bonds is 3. The summed E-state index contributed by atoms with van der Waals surface area (Å²) in [5.74, 6) is 0.754. The van der Waals surface area contributed by atoms with Crippen LogP contribution in [0.5, 0.6) is 0 Å². The highest BCUT2D eigenvalue weighted by Gasteiger charge is 2.24. The van der Waals surface area contributed by atoms with Crippen molar-refractivity contribution in [3.05, 3.63) is 176 Å². The molecule has 0 fully saturated rings. The van der Waals surface area contributed by atoms with Gasteiger partial charge in [-0.1, -0.05) is 109 Å². The molecule has 0 bridgehead atoms. The highest BCUT2D eigenvalue weighted by atomic mass is 15.1. The lowest BCUT2D eigenvalue weighted by atomic mass is 10.0. The molecule has 12 aromatic rings. The summed E-state index contributed by atoms with van der Waals surface area (Å²) in [6.07, 6.45) is 1.83. The molecule has 0 saturated carbocycles. The van der Waals surface area contributed by atoms with Gasteiger partial charge in [-0.05, 0) is 87.6 Å². The largest absolute Gasteiger partial charge is 0.309 e. The molecule has 4 heterocycles. The van der Waals surface area contributed by atoms with Crippen molar-refractivity contribution >= 4 is 87.0 Å². The van der Waals surface area contributed by atoms with E-state index < -0.39 is 0 Å². The minimum atomic E-state index is 0.739. The molecule has 0 aliphatic heterocycles. The molecular weight excluding hydrogens is 659 g/mol. The number of pyridine rings is 1. The monoisotopic (exact) mass is 687 g/mol. The number of aromatic nitrogens is 5. The summed E-state index contributed by atoms with van der Waals surface area (Å²) >= 11 is 0. The number of para-hydroxylation sites is 1. The van der Waals surface area contributed by atoms with E-state index in [2.05, 4.69) is 161 Å². The van der Waals surface area contributed by atoms with Gasteiger partial charge in [0.25, 0.3) is 0 Å². The van der Waals surface area contributed by atoms with Gasteiger partial charge in [0.05, 0.1) is 38.8 Å². The zero-order valence-corrected chi connectivity index (χ0v) is 29.0. The third-order valence-electron chi connectivity index (χ3n) is 11.1. The van der Waals surface area contributed by atoms with Crippen LogP contribution in [0.4, 0.5) is 0 Å². The van der Waals surface area contributed by atoms with Crippen LogP contribution in [-0.4, -0.2) is 24.1 Å². The number of hydrogen-bond acceptors (Lipinski definition) is 3. The smallest absolute Gasteiger partial charge is 0.166 e. The molecule has 0 amide bonds. The Morgan fingerprint density at radius 1 is 0.389 bits per heavy atom. The molecule has 5 heteroatoms. The van der Waals surface area contributed by atoms with Gasteiger partial charge in [-0.3, -0.25) is 9.55 Å². The van der Waals surface area contributed by atoms with E-state index in [1.54, 1.807) is 0 Å². The van der Waals surface area contributed by atoms with Crippen molar-refractivity contribution in [2.24, 2.45) is 0 Å². The van der Waals surface area contributed by atoms with Gasteiger partial charge in [-0.25, -0.2) is 9.97 Å². The predicted octanol–water partition coefficient (Wildman–Crippen LogP) is 12.3. The first-order valence-corrected chi connectivity index (χ1v) is 18.3. The summed E-state index contributed by atoms with van der Waals surface area (Å²) in [5.41, 5.74) is 8.83. The Balaban J connectivity index is 1.31. The quantitative estimate of drug-likeness (QED) is 0.174. The Morgan fingerprint density at radius 2 is 1.02 bits per heavy atom. The lowest BCUT2D eigenvalue weighted by molar-refractivity contribution is 1.07. The first-order chi connectivity index (χ1) is 26.8. The Kier molecular flexibility index (Phi) is 5.99. The zero-order valence-electron chi connectivity index (χ0n) is 29.0. The first kappa shape index (κ1) is 29.2. The minimum Gasteiger partial charge on any atom is -0.309 e. The SMILES string of the molecule is c1ccc(-n2c3cc4ccccc4cc3c3cc4c(cc32)c2c3ccccc3ccc2n4-c2nc3c(ccc4ccccc43)nc2-c2ccccn2)cc1. The zero-order chi connectivity index (χ0) is 35.3. The second kappa shape index (κ2) is 11.1. The van der Waals surface area contributed by atoms with Crippen LogP contribution in [0.25, 0.3) is 110 Å². The number of benzene rings is 8. The fraction of sp³-hybridized carbons (Fsp3) is 0. The highest BCUT2D eigenvalue weighted by Crippen LogP contribution is 2.43. The van der Waals surface area contributed by atoms with E-state index in [1.807, 2.05) is 24.4 Å². The second-order valence-corrected chi connectivity index (χ2v) is 14.1. The van der Waals surface area contributed by atoms with Crippen molar-refractivity contribution in [1.29, 1.82) is 0 Å². The summed E-state index contributed by atoms with van der Waals surface area (Å²) in [4.78, 5) is 15.8. The Hall–Kier alpha value is -7.37. The van der Waals surface area contributed by atoms with Gasteiger partial charge in [0.15, 0.2) is 5.82 Å². The molecule has 8 aromatic carbocycles. The van der Waals surface area contributed by atoms with Gasteiger partial charge < -0.3 is 4.57 Å². The van der Waals surface area contributed by atoms with Crippen LogP contribution in [0.1, 0.15) is 0 Å². The minimum absolute atomic E-state index is 0.739. The van der Waals surface area contributed by atoms with E-state index in [0.717, 1.165) is 66.6 Å². The summed E-state index contributed by atoms with van der Waals surface area (Å²) in [6, 6.07) is 60.6. The second-order valence-electron chi connectivity index (χ2n) is 14.1. The topological polar surface area (TPSA) is 48.5 Å². The molecular formula is C49H29N5. The summed E-state index contributed by atoms with van der Waals surface area (Å²) in [5, 5.41) is 11.8. The van der Waals surface area contributed by atoms with Crippen molar-refractivity contribution in [2.75, 3.05) is 0 Å². The van der Waals surface area contributed by atoms with E-state index >= 15 is 0 Å². The molecule has 0 aliphatic rings. The van der Waals surface area contributed by atoms with Crippen molar-refractivity contribution in [1.82, 2.24) is 24.1 Å². The van der Waals surface area contributed by atoms with E-state index in [-0.39, 0.29) is 0 Å². The van der Waals surface area contributed by atoms with Crippen molar-refractivity contribution in [3.8, 4) is 22.9 Å². The van der Waals surface area contributed by atoms with Crippen LogP contribution >= 0.6 is 0 Å². The molecule has 0 saturated heterocycles. The van der Waals surface area contributed by atoms with Gasteiger partial charge in [-0.2, -0.15) is 0 Å². The van der Waals surface area contributed by atoms with E-state index in [0.29, 0.717) is 0 Å². The van der Waals surface area contributed by atoms with E-state index in [4.69, 9.17) is 15.0 Å². The Labute approximate surface area is 309 Å². The molecule has 0 unspecified atom stereocenters. The van der Waals surface area contributed by atoms with Gasteiger partial charge in [0.1, 0.15) is 5.69 Å². The fourth-order valence-corrected chi connectivity index (χ4v) is 8.68. The highest BCUT2D eigenvalue weighted by molar-refractivity contribution is 6.26. The fourth-order valence-electron chi connectivity index (χ4n) is 8.68. The number of nitrogens with zero attached hydrogens (tertiary/aromatic N) is 5. The molecule has 4 aromatic heterocycles. The molecule has 0 spiro atoms. The van der Waals surface area contributed by atoms with Crippen molar-refractivity contribution in [2.45, 2.75) is 0 Å². The van der Waals surface area contributed by atoms with E-state index in [1.165, 1.54) is 43.2 Å².